The minimum absolute atomic E-state index is 0.0171. The van der Waals surface area contributed by atoms with E-state index in [-0.39, 0.29) is 24.2 Å². The first kappa shape index (κ1) is 16.8. The highest BCUT2D eigenvalue weighted by Crippen LogP contribution is 2.23. The fourth-order valence-electron chi connectivity index (χ4n) is 2.95. The maximum atomic E-state index is 12.6. The first-order valence-corrected chi connectivity index (χ1v) is 8.04. The van der Waals surface area contributed by atoms with Gasteiger partial charge in [-0.05, 0) is 39.8 Å². The molecule has 122 valence electrons. The Labute approximate surface area is 132 Å². The number of rotatable bonds is 5. The van der Waals surface area contributed by atoms with E-state index in [0.29, 0.717) is 12.4 Å². The summed E-state index contributed by atoms with van der Waals surface area (Å²) >= 11 is 0. The number of quaternary nitrogens is 1. The van der Waals surface area contributed by atoms with E-state index < -0.39 is 0 Å². The molecule has 2 rings (SSSR count). The highest BCUT2D eigenvalue weighted by molar-refractivity contribution is 5.94. The zero-order valence-electron chi connectivity index (χ0n) is 13.9. The molecule has 2 N–H and O–H groups in total. The third-order valence-corrected chi connectivity index (χ3v) is 4.01. The molecule has 0 bridgehead atoms. The van der Waals surface area contributed by atoms with Gasteiger partial charge in [0.2, 0.25) is 0 Å². The van der Waals surface area contributed by atoms with Crippen LogP contribution in [0.25, 0.3) is 0 Å². The molecule has 1 amide bonds. The molecule has 1 aromatic carbocycles. The molecule has 1 aliphatic rings. The molecule has 0 spiro atoms. The average Bonchev–Trinajstić information content (AvgIpc) is 2.47. The van der Waals surface area contributed by atoms with E-state index in [4.69, 9.17) is 9.47 Å². The number of ether oxygens (including phenoxy) is 2. The largest absolute Gasteiger partial charge is 0.492 e. The summed E-state index contributed by atoms with van der Waals surface area (Å²) in [6, 6.07) is 7.42. The van der Waals surface area contributed by atoms with Gasteiger partial charge in [-0.15, -0.1) is 0 Å². The molecule has 1 fully saturated rings. The SMILES string of the molecule is CCOc1ccccc1NC(=O)[C@H](C)[NH+]1C[C@@H](C)O[C@H](C)C1. The molecule has 1 aliphatic heterocycles. The highest BCUT2D eigenvalue weighted by Gasteiger charge is 2.33. The molecule has 5 heteroatoms. The van der Waals surface area contributed by atoms with Gasteiger partial charge in [0.15, 0.2) is 6.04 Å². The molecule has 3 atom stereocenters. The van der Waals surface area contributed by atoms with Crippen LogP contribution in [0.5, 0.6) is 5.75 Å². The molecule has 0 aliphatic carbocycles. The molecule has 5 nitrogen and oxygen atoms in total. The Morgan fingerprint density at radius 3 is 2.64 bits per heavy atom. The van der Waals surface area contributed by atoms with E-state index in [1.165, 1.54) is 4.90 Å². The van der Waals surface area contributed by atoms with Crippen LogP contribution in [0.3, 0.4) is 0 Å². The summed E-state index contributed by atoms with van der Waals surface area (Å²) < 4.78 is 11.3. The lowest BCUT2D eigenvalue weighted by atomic mass is 10.1. The monoisotopic (exact) mass is 307 g/mol. The lowest BCUT2D eigenvalue weighted by molar-refractivity contribution is -0.928. The average molecular weight is 307 g/mol. The minimum Gasteiger partial charge on any atom is -0.492 e. The van der Waals surface area contributed by atoms with Gasteiger partial charge in [-0.1, -0.05) is 12.1 Å². The van der Waals surface area contributed by atoms with Crippen LogP contribution in [0, 0.1) is 0 Å². The van der Waals surface area contributed by atoms with Crippen molar-refractivity contribution >= 4 is 11.6 Å². The van der Waals surface area contributed by atoms with E-state index in [1.807, 2.05) is 38.1 Å². The Morgan fingerprint density at radius 2 is 2.00 bits per heavy atom. The van der Waals surface area contributed by atoms with E-state index in [2.05, 4.69) is 19.2 Å². The van der Waals surface area contributed by atoms with Crippen LogP contribution >= 0.6 is 0 Å². The number of benzene rings is 1. The van der Waals surface area contributed by atoms with E-state index in [9.17, 15) is 4.79 Å². The standard InChI is InChI=1S/C17H26N2O3/c1-5-21-16-9-7-6-8-15(16)18-17(20)14(4)19-10-12(2)22-13(3)11-19/h6-9,12-14H,5,10-11H2,1-4H3,(H,18,20)/p+1/t12-,13-,14+/m1/s1. The number of carbonyl (C=O) groups excluding carboxylic acids is 1. The topological polar surface area (TPSA) is 52.0 Å². The first-order chi connectivity index (χ1) is 10.5. The second-order valence-corrected chi connectivity index (χ2v) is 5.96. The van der Waals surface area contributed by atoms with Crippen molar-refractivity contribution in [3.63, 3.8) is 0 Å². The first-order valence-electron chi connectivity index (χ1n) is 8.04. The van der Waals surface area contributed by atoms with Gasteiger partial charge in [0.05, 0.1) is 12.3 Å². The van der Waals surface area contributed by atoms with Gasteiger partial charge in [-0.3, -0.25) is 4.79 Å². The molecule has 0 saturated carbocycles. The van der Waals surface area contributed by atoms with Crippen LogP contribution in [-0.2, 0) is 9.53 Å². The second kappa shape index (κ2) is 7.61. The smallest absolute Gasteiger partial charge is 0.282 e. The number of carbonyl (C=O) groups is 1. The van der Waals surface area contributed by atoms with Gasteiger partial charge in [-0.2, -0.15) is 0 Å². The Hall–Kier alpha value is -1.59. The lowest BCUT2D eigenvalue weighted by Gasteiger charge is -2.35. The van der Waals surface area contributed by atoms with Crippen molar-refractivity contribution in [3.05, 3.63) is 24.3 Å². The van der Waals surface area contributed by atoms with Gasteiger partial charge in [0.25, 0.3) is 5.91 Å². The molecule has 0 aromatic heterocycles. The van der Waals surface area contributed by atoms with E-state index >= 15 is 0 Å². The fourth-order valence-corrected chi connectivity index (χ4v) is 2.95. The van der Waals surface area contributed by atoms with Crippen molar-refractivity contribution in [3.8, 4) is 5.75 Å². The summed E-state index contributed by atoms with van der Waals surface area (Å²) in [6.45, 7) is 10.3. The van der Waals surface area contributed by atoms with Crippen molar-refractivity contribution in [2.45, 2.75) is 45.9 Å². The van der Waals surface area contributed by atoms with Gasteiger partial charge in [0, 0.05) is 0 Å². The predicted octanol–water partition coefficient (Wildman–Crippen LogP) is 1.10. The number of para-hydroxylation sites is 2. The summed E-state index contributed by atoms with van der Waals surface area (Å²) in [5.74, 6) is 0.729. The van der Waals surface area contributed by atoms with Crippen molar-refractivity contribution in [2.75, 3.05) is 25.0 Å². The maximum Gasteiger partial charge on any atom is 0.282 e. The molecule has 1 aromatic rings. The van der Waals surface area contributed by atoms with Crippen LogP contribution in [0.15, 0.2) is 24.3 Å². The zero-order chi connectivity index (χ0) is 16.1. The fraction of sp³-hybridized carbons (Fsp3) is 0.588. The third kappa shape index (κ3) is 4.21. The Kier molecular flexibility index (Phi) is 5.80. The number of amides is 1. The molecule has 0 unspecified atom stereocenters. The Morgan fingerprint density at radius 1 is 1.36 bits per heavy atom. The quantitative estimate of drug-likeness (QED) is 0.857. The maximum absolute atomic E-state index is 12.6. The van der Waals surface area contributed by atoms with Crippen molar-refractivity contribution in [1.82, 2.24) is 0 Å². The van der Waals surface area contributed by atoms with Crippen LogP contribution in [0.2, 0.25) is 0 Å². The lowest BCUT2D eigenvalue weighted by Crippen LogP contribution is -3.19. The summed E-state index contributed by atoms with van der Waals surface area (Å²) in [5.41, 5.74) is 0.731. The molecule has 0 radical (unpaired) electrons. The zero-order valence-corrected chi connectivity index (χ0v) is 13.9. The van der Waals surface area contributed by atoms with E-state index in [1.54, 1.807) is 0 Å². The molecule has 1 saturated heterocycles. The number of hydrogen-bond donors (Lipinski definition) is 2. The predicted molar refractivity (Wildman–Crippen MR) is 86.4 cm³/mol. The normalized spacial score (nSPS) is 26.3. The summed E-state index contributed by atoms with van der Waals surface area (Å²) in [5, 5.41) is 3.00. The van der Waals surface area contributed by atoms with Gasteiger partial charge < -0.3 is 19.7 Å². The molecule has 22 heavy (non-hydrogen) atoms. The van der Waals surface area contributed by atoms with Crippen LogP contribution < -0.4 is 15.0 Å². The number of hydrogen-bond acceptors (Lipinski definition) is 3. The van der Waals surface area contributed by atoms with Gasteiger partial charge >= 0.3 is 0 Å². The van der Waals surface area contributed by atoms with E-state index in [0.717, 1.165) is 18.8 Å². The molecular formula is C17H27N2O3+. The van der Waals surface area contributed by atoms with Crippen molar-refractivity contribution in [1.29, 1.82) is 0 Å². The molecule has 1 heterocycles. The number of nitrogens with one attached hydrogen (secondary N) is 2. The second-order valence-electron chi connectivity index (χ2n) is 5.96. The molecular weight excluding hydrogens is 280 g/mol. The van der Waals surface area contributed by atoms with Crippen LogP contribution in [0.1, 0.15) is 27.7 Å². The summed E-state index contributed by atoms with van der Waals surface area (Å²) in [4.78, 5) is 13.8. The van der Waals surface area contributed by atoms with Crippen molar-refractivity contribution in [2.24, 2.45) is 0 Å². The minimum atomic E-state index is -0.122. The Bertz CT molecular complexity index is 496. The van der Waals surface area contributed by atoms with Crippen LogP contribution in [0.4, 0.5) is 5.69 Å². The highest BCUT2D eigenvalue weighted by atomic mass is 16.5. The third-order valence-electron chi connectivity index (χ3n) is 4.01. The Balaban J connectivity index is 2.02. The summed E-state index contributed by atoms with van der Waals surface area (Å²) in [6.07, 6.45) is 0.370. The number of morpholine rings is 1. The van der Waals surface area contributed by atoms with Crippen LogP contribution in [-0.4, -0.2) is 43.9 Å². The van der Waals surface area contributed by atoms with Crippen molar-refractivity contribution < 1.29 is 19.2 Å². The van der Waals surface area contributed by atoms with Gasteiger partial charge in [-0.25, -0.2) is 0 Å². The summed E-state index contributed by atoms with van der Waals surface area (Å²) in [7, 11) is 0. The number of anilines is 1. The van der Waals surface area contributed by atoms with Gasteiger partial charge in [0.1, 0.15) is 31.0 Å².